The highest BCUT2D eigenvalue weighted by atomic mass is 32.2. The minimum Gasteiger partial charge on any atom is -0.316 e. The zero-order valence-corrected chi connectivity index (χ0v) is 12.6. The summed E-state index contributed by atoms with van der Waals surface area (Å²) in [5, 5.41) is 4.64. The van der Waals surface area contributed by atoms with E-state index in [2.05, 4.69) is 36.5 Å². The normalized spacial score (nSPS) is 13.0. The number of thioether (sulfide) groups is 1. The van der Waals surface area contributed by atoms with Gasteiger partial charge in [0.1, 0.15) is 0 Å². The molecule has 0 radical (unpaired) electrons. The van der Waals surface area contributed by atoms with Crippen LogP contribution in [-0.2, 0) is 6.42 Å². The molecule has 2 nitrogen and oxygen atoms in total. The molecule has 4 heteroatoms. The highest BCUT2D eigenvalue weighted by Gasteiger charge is 2.10. The van der Waals surface area contributed by atoms with Crippen LogP contribution in [0.3, 0.4) is 0 Å². The van der Waals surface area contributed by atoms with Gasteiger partial charge in [-0.15, -0.1) is 11.3 Å². The summed E-state index contributed by atoms with van der Waals surface area (Å²) in [6.07, 6.45) is 2.29. The minimum absolute atomic E-state index is 0.530. The van der Waals surface area contributed by atoms with E-state index in [9.17, 15) is 0 Å². The Kier molecular flexibility index (Phi) is 5.47. The Balaban J connectivity index is 1.97. The van der Waals surface area contributed by atoms with Gasteiger partial charge in [-0.3, -0.25) is 0 Å². The van der Waals surface area contributed by atoms with Crippen molar-refractivity contribution in [2.45, 2.75) is 25.8 Å². The van der Waals surface area contributed by atoms with Gasteiger partial charge in [-0.1, -0.05) is 19.1 Å². The first-order valence-electron chi connectivity index (χ1n) is 6.43. The molecule has 0 aliphatic heterocycles. The Labute approximate surface area is 117 Å². The van der Waals surface area contributed by atoms with Crippen molar-refractivity contribution in [3.63, 3.8) is 0 Å². The van der Waals surface area contributed by atoms with Crippen LogP contribution in [0.1, 0.15) is 18.4 Å². The van der Waals surface area contributed by atoms with Crippen LogP contribution in [-0.4, -0.2) is 29.6 Å². The first-order valence-corrected chi connectivity index (χ1v) is 8.40. The third-order valence-corrected chi connectivity index (χ3v) is 5.23. The first-order chi connectivity index (χ1) is 8.83. The van der Waals surface area contributed by atoms with E-state index in [1.807, 2.05) is 30.1 Å². The Morgan fingerprint density at radius 1 is 1.39 bits per heavy atom. The highest BCUT2D eigenvalue weighted by molar-refractivity contribution is 7.99. The van der Waals surface area contributed by atoms with E-state index in [1.165, 1.54) is 27.6 Å². The first kappa shape index (κ1) is 13.8. The lowest BCUT2D eigenvalue weighted by Gasteiger charge is -2.13. The predicted molar refractivity (Wildman–Crippen MR) is 83.8 cm³/mol. The van der Waals surface area contributed by atoms with Gasteiger partial charge < -0.3 is 5.32 Å². The molecule has 1 unspecified atom stereocenters. The van der Waals surface area contributed by atoms with Gasteiger partial charge in [0.2, 0.25) is 0 Å². The topological polar surface area (TPSA) is 24.9 Å². The molecule has 0 aliphatic carbocycles. The van der Waals surface area contributed by atoms with Crippen molar-refractivity contribution in [1.29, 1.82) is 0 Å². The number of hydrogen-bond acceptors (Lipinski definition) is 4. The van der Waals surface area contributed by atoms with E-state index in [-0.39, 0.29) is 0 Å². The molecule has 98 valence electrons. The fraction of sp³-hybridized carbons (Fsp3) is 0.500. The van der Waals surface area contributed by atoms with Crippen LogP contribution in [0, 0.1) is 0 Å². The van der Waals surface area contributed by atoms with Crippen LogP contribution in [0.5, 0.6) is 0 Å². The summed E-state index contributed by atoms with van der Waals surface area (Å²) in [6, 6.07) is 8.91. The van der Waals surface area contributed by atoms with Gasteiger partial charge >= 0.3 is 0 Å². The zero-order valence-electron chi connectivity index (χ0n) is 11.0. The molecular formula is C14H20N2S2. The number of para-hydroxylation sites is 1. The SMILES string of the molecule is CCCSCC(Cc1nc2ccccc2s1)NC. The molecule has 0 saturated carbocycles. The molecule has 0 spiro atoms. The number of aromatic nitrogens is 1. The van der Waals surface area contributed by atoms with E-state index in [4.69, 9.17) is 4.98 Å². The lowest BCUT2D eigenvalue weighted by atomic mass is 10.2. The molecule has 2 rings (SSSR count). The largest absolute Gasteiger partial charge is 0.316 e. The molecule has 18 heavy (non-hydrogen) atoms. The van der Waals surface area contributed by atoms with Crippen molar-refractivity contribution in [2.24, 2.45) is 0 Å². The molecular weight excluding hydrogens is 260 g/mol. The Morgan fingerprint density at radius 2 is 2.22 bits per heavy atom. The summed E-state index contributed by atoms with van der Waals surface area (Å²) in [6.45, 7) is 2.23. The average Bonchev–Trinajstić information content (AvgIpc) is 2.80. The molecule has 0 amide bonds. The quantitative estimate of drug-likeness (QED) is 0.785. The lowest BCUT2D eigenvalue weighted by molar-refractivity contribution is 0.616. The van der Waals surface area contributed by atoms with Crippen LogP contribution in [0.25, 0.3) is 10.2 Å². The summed E-state index contributed by atoms with van der Waals surface area (Å²) < 4.78 is 1.29. The molecule has 0 aliphatic rings. The summed E-state index contributed by atoms with van der Waals surface area (Å²) in [5.41, 5.74) is 1.13. The Hall–Kier alpha value is -0.580. The zero-order chi connectivity index (χ0) is 12.8. The Bertz CT molecular complexity index is 448. The fourth-order valence-electron chi connectivity index (χ4n) is 1.83. The van der Waals surface area contributed by atoms with Crippen LogP contribution in [0.2, 0.25) is 0 Å². The summed E-state index contributed by atoms with van der Waals surface area (Å²) in [4.78, 5) is 4.70. The van der Waals surface area contributed by atoms with E-state index in [0.29, 0.717) is 6.04 Å². The van der Waals surface area contributed by atoms with Crippen LogP contribution in [0.15, 0.2) is 24.3 Å². The van der Waals surface area contributed by atoms with Crippen molar-refractivity contribution < 1.29 is 0 Å². The molecule has 0 fully saturated rings. The van der Waals surface area contributed by atoms with E-state index >= 15 is 0 Å². The standard InChI is InChI=1S/C14H20N2S2/c1-3-8-17-10-11(15-2)9-14-16-12-6-4-5-7-13(12)18-14/h4-7,11,15H,3,8-10H2,1-2H3. The van der Waals surface area contributed by atoms with Gasteiger partial charge in [-0.2, -0.15) is 11.8 Å². The number of thiazole rings is 1. The minimum atomic E-state index is 0.530. The molecule has 1 atom stereocenters. The van der Waals surface area contributed by atoms with Gasteiger partial charge in [0, 0.05) is 18.2 Å². The Morgan fingerprint density at radius 3 is 2.94 bits per heavy atom. The van der Waals surface area contributed by atoms with Gasteiger partial charge in [0.15, 0.2) is 0 Å². The number of nitrogens with zero attached hydrogens (tertiary/aromatic N) is 1. The number of benzene rings is 1. The molecule has 1 heterocycles. The number of hydrogen-bond donors (Lipinski definition) is 1. The fourth-order valence-corrected chi connectivity index (χ4v) is 3.90. The molecule has 1 aromatic heterocycles. The van der Waals surface area contributed by atoms with Crippen molar-refractivity contribution in [1.82, 2.24) is 10.3 Å². The van der Waals surface area contributed by atoms with Crippen molar-refractivity contribution in [3.05, 3.63) is 29.3 Å². The summed E-state index contributed by atoms with van der Waals surface area (Å²) in [5.74, 6) is 2.41. The number of rotatable bonds is 7. The molecule has 0 bridgehead atoms. The van der Waals surface area contributed by atoms with Crippen molar-refractivity contribution in [2.75, 3.05) is 18.6 Å². The number of likely N-dealkylation sites (N-methyl/N-ethyl adjacent to an activating group) is 1. The van der Waals surface area contributed by atoms with E-state index < -0.39 is 0 Å². The molecule has 0 saturated heterocycles. The van der Waals surface area contributed by atoms with E-state index in [1.54, 1.807) is 0 Å². The maximum absolute atomic E-state index is 4.70. The second kappa shape index (κ2) is 7.12. The van der Waals surface area contributed by atoms with Crippen molar-refractivity contribution >= 4 is 33.3 Å². The summed E-state index contributed by atoms with van der Waals surface area (Å²) >= 11 is 3.85. The third-order valence-electron chi connectivity index (χ3n) is 2.83. The maximum atomic E-state index is 4.70. The predicted octanol–water partition coefficient (Wildman–Crippen LogP) is 3.57. The number of nitrogens with one attached hydrogen (secondary N) is 1. The smallest absolute Gasteiger partial charge is 0.0954 e. The van der Waals surface area contributed by atoms with Gasteiger partial charge in [-0.05, 0) is 31.4 Å². The van der Waals surface area contributed by atoms with Crippen LogP contribution in [0.4, 0.5) is 0 Å². The van der Waals surface area contributed by atoms with Gasteiger partial charge in [0.25, 0.3) is 0 Å². The summed E-state index contributed by atoms with van der Waals surface area (Å²) in [7, 11) is 2.05. The van der Waals surface area contributed by atoms with Crippen molar-refractivity contribution in [3.8, 4) is 0 Å². The molecule has 1 N–H and O–H groups in total. The molecule has 1 aromatic carbocycles. The average molecular weight is 280 g/mol. The monoisotopic (exact) mass is 280 g/mol. The number of fused-ring (bicyclic) bond motifs is 1. The van der Waals surface area contributed by atoms with Crippen LogP contribution < -0.4 is 5.32 Å². The highest BCUT2D eigenvalue weighted by Crippen LogP contribution is 2.23. The van der Waals surface area contributed by atoms with E-state index in [0.717, 1.165) is 11.9 Å². The van der Waals surface area contributed by atoms with Gasteiger partial charge in [0.05, 0.1) is 15.2 Å². The van der Waals surface area contributed by atoms with Crippen LogP contribution >= 0.6 is 23.1 Å². The maximum Gasteiger partial charge on any atom is 0.0954 e. The second-order valence-corrected chi connectivity index (χ2v) is 6.60. The second-order valence-electron chi connectivity index (χ2n) is 4.34. The third kappa shape index (κ3) is 3.70. The molecule has 2 aromatic rings. The van der Waals surface area contributed by atoms with Gasteiger partial charge in [-0.25, -0.2) is 4.98 Å². The lowest BCUT2D eigenvalue weighted by Crippen LogP contribution is -2.30.